The summed E-state index contributed by atoms with van der Waals surface area (Å²) in [7, 11) is 0. The Hall–Kier alpha value is -2.90. The molecule has 0 aliphatic heterocycles. The Labute approximate surface area is 157 Å². The first kappa shape index (κ1) is 16.6. The van der Waals surface area contributed by atoms with E-state index in [-0.39, 0.29) is 5.78 Å². The molecule has 2 heteroatoms. The van der Waals surface area contributed by atoms with Crippen molar-refractivity contribution in [1.82, 2.24) is 0 Å². The quantitative estimate of drug-likeness (QED) is 0.391. The van der Waals surface area contributed by atoms with Gasteiger partial charge < -0.3 is 0 Å². The summed E-state index contributed by atoms with van der Waals surface area (Å²) in [4.78, 5) is 13.0. The molecule has 0 spiro atoms. The highest BCUT2D eigenvalue weighted by atomic mass is 35.5. The number of carbonyl (C=O) groups excluding carboxylic acids is 1. The lowest BCUT2D eigenvalue weighted by Crippen LogP contribution is -2.06. The van der Waals surface area contributed by atoms with Gasteiger partial charge in [0.2, 0.25) is 0 Å². The van der Waals surface area contributed by atoms with Gasteiger partial charge >= 0.3 is 0 Å². The van der Waals surface area contributed by atoms with Crippen LogP contribution in [0.3, 0.4) is 0 Å². The zero-order valence-electron chi connectivity index (χ0n) is 14.2. The normalized spacial score (nSPS) is 10.8. The molecule has 4 aromatic rings. The van der Waals surface area contributed by atoms with Crippen molar-refractivity contribution >= 4 is 28.2 Å². The van der Waals surface area contributed by atoms with E-state index in [1.165, 1.54) is 16.3 Å². The molecule has 0 saturated carbocycles. The summed E-state index contributed by atoms with van der Waals surface area (Å²) in [6.45, 7) is 0. The minimum Gasteiger partial charge on any atom is -0.289 e. The van der Waals surface area contributed by atoms with Crippen LogP contribution >= 0.6 is 11.6 Å². The molecule has 0 saturated heterocycles. The van der Waals surface area contributed by atoms with E-state index in [9.17, 15) is 4.79 Å². The first-order chi connectivity index (χ1) is 12.7. The van der Waals surface area contributed by atoms with Gasteiger partial charge in [0.1, 0.15) is 0 Å². The zero-order chi connectivity index (χ0) is 17.9. The summed E-state index contributed by atoms with van der Waals surface area (Å²) >= 11 is 6.23. The summed E-state index contributed by atoms with van der Waals surface area (Å²) in [6, 6.07) is 29.7. The third kappa shape index (κ3) is 3.26. The van der Waals surface area contributed by atoms with E-state index < -0.39 is 0 Å². The van der Waals surface area contributed by atoms with E-state index >= 15 is 0 Å². The SMILES string of the molecule is O=C(c1ccccc1Cl)c1ccccc1Cc1ccc2ccccc2c1. The van der Waals surface area contributed by atoms with Crippen molar-refractivity contribution in [2.24, 2.45) is 0 Å². The van der Waals surface area contributed by atoms with Gasteiger partial charge in [-0.05, 0) is 40.5 Å². The molecule has 1 nitrogen and oxygen atoms in total. The highest BCUT2D eigenvalue weighted by Gasteiger charge is 2.16. The Morgan fingerprint density at radius 1 is 0.692 bits per heavy atom. The zero-order valence-corrected chi connectivity index (χ0v) is 14.9. The molecule has 26 heavy (non-hydrogen) atoms. The number of halogens is 1. The van der Waals surface area contributed by atoms with Crippen molar-refractivity contribution in [2.75, 3.05) is 0 Å². The van der Waals surface area contributed by atoms with E-state index in [0.29, 0.717) is 22.6 Å². The Kier molecular flexibility index (Phi) is 4.55. The number of carbonyl (C=O) groups is 1. The van der Waals surface area contributed by atoms with Gasteiger partial charge in [-0.1, -0.05) is 90.5 Å². The van der Waals surface area contributed by atoms with Crippen molar-refractivity contribution in [2.45, 2.75) is 6.42 Å². The number of hydrogen-bond acceptors (Lipinski definition) is 1. The molecule has 0 radical (unpaired) electrons. The lowest BCUT2D eigenvalue weighted by atomic mass is 9.93. The van der Waals surface area contributed by atoms with Gasteiger partial charge in [-0.2, -0.15) is 0 Å². The molecule has 4 rings (SSSR count). The molecule has 0 amide bonds. The van der Waals surface area contributed by atoms with E-state index in [0.717, 1.165) is 5.56 Å². The van der Waals surface area contributed by atoms with Crippen LogP contribution in [0.25, 0.3) is 10.8 Å². The predicted molar refractivity (Wildman–Crippen MR) is 108 cm³/mol. The molecule has 0 unspecified atom stereocenters. The molecular weight excluding hydrogens is 340 g/mol. The van der Waals surface area contributed by atoms with Crippen LogP contribution in [0.1, 0.15) is 27.0 Å². The standard InChI is InChI=1S/C24H17ClO/c25-23-12-6-5-11-22(23)24(26)21-10-4-3-9-20(21)16-17-13-14-18-7-1-2-8-19(18)15-17/h1-15H,16H2. The molecule has 0 N–H and O–H groups in total. The molecule has 0 atom stereocenters. The first-order valence-electron chi connectivity index (χ1n) is 8.57. The van der Waals surface area contributed by atoms with Gasteiger partial charge in [0.25, 0.3) is 0 Å². The Bertz CT molecular complexity index is 1100. The molecule has 4 aromatic carbocycles. The molecule has 126 valence electrons. The molecule has 0 aliphatic rings. The van der Waals surface area contributed by atoms with Crippen molar-refractivity contribution in [1.29, 1.82) is 0 Å². The fraction of sp³-hybridized carbons (Fsp3) is 0.0417. The van der Waals surface area contributed by atoms with Crippen LogP contribution in [0.5, 0.6) is 0 Å². The van der Waals surface area contributed by atoms with Gasteiger partial charge in [-0.25, -0.2) is 0 Å². The van der Waals surface area contributed by atoms with E-state index in [2.05, 4.69) is 30.3 Å². The second-order valence-corrected chi connectivity index (χ2v) is 6.73. The Morgan fingerprint density at radius 3 is 2.15 bits per heavy atom. The summed E-state index contributed by atoms with van der Waals surface area (Å²) < 4.78 is 0. The minimum absolute atomic E-state index is 0.0352. The fourth-order valence-corrected chi connectivity index (χ4v) is 3.48. The third-order valence-corrected chi connectivity index (χ3v) is 4.92. The van der Waals surface area contributed by atoms with Crippen LogP contribution in [0.4, 0.5) is 0 Å². The maximum absolute atomic E-state index is 13.0. The van der Waals surface area contributed by atoms with Crippen molar-refractivity contribution < 1.29 is 4.79 Å². The second kappa shape index (κ2) is 7.15. The smallest absolute Gasteiger partial charge is 0.194 e. The topological polar surface area (TPSA) is 17.1 Å². The highest BCUT2D eigenvalue weighted by Crippen LogP contribution is 2.24. The fourth-order valence-electron chi connectivity index (χ4n) is 3.26. The molecule has 0 aromatic heterocycles. The molecule has 0 bridgehead atoms. The minimum atomic E-state index is -0.0352. The summed E-state index contributed by atoms with van der Waals surface area (Å²) in [5, 5.41) is 2.91. The predicted octanol–water partition coefficient (Wildman–Crippen LogP) is 6.32. The number of ketones is 1. The first-order valence-corrected chi connectivity index (χ1v) is 8.95. The van der Waals surface area contributed by atoms with Gasteiger partial charge in [0, 0.05) is 11.1 Å². The summed E-state index contributed by atoms with van der Waals surface area (Å²) in [5.74, 6) is -0.0352. The molecule has 0 heterocycles. The van der Waals surface area contributed by atoms with Crippen molar-refractivity contribution in [3.05, 3.63) is 118 Å². The molecule has 0 aliphatic carbocycles. The largest absolute Gasteiger partial charge is 0.289 e. The van der Waals surface area contributed by atoms with E-state index in [4.69, 9.17) is 11.6 Å². The van der Waals surface area contributed by atoms with Crippen LogP contribution in [0.2, 0.25) is 5.02 Å². The maximum Gasteiger partial charge on any atom is 0.194 e. The van der Waals surface area contributed by atoms with Crippen LogP contribution < -0.4 is 0 Å². The number of benzene rings is 4. The Morgan fingerprint density at radius 2 is 1.35 bits per heavy atom. The molecular formula is C24H17ClO. The number of hydrogen-bond donors (Lipinski definition) is 0. The second-order valence-electron chi connectivity index (χ2n) is 6.32. The molecule has 0 fully saturated rings. The van der Waals surface area contributed by atoms with Gasteiger partial charge in [0.15, 0.2) is 5.78 Å². The average molecular weight is 357 g/mol. The van der Waals surface area contributed by atoms with Crippen LogP contribution in [-0.2, 0) is 6.42 Å². The van der Waals surface area contributed by atoms with Crippen LogP contribution in [0.15, 0.2) is 91.0 Å². The number of rotatable bonds is 4. The monoisotopic (exact) mass is 356 g/mol. The lowest BCUT2D eigenvalue weighted by Gasteiger charge is -2.10. The lowest BCUT2D eigenvalue weighted by molar-refractivity contribution is 0.103. The number of fused-ring (bicyclic) bond motifs is 1. The maximum atomic E-state index is 13.0. The summed E-state index contributed by atoms with van der Waals surface area (Å²) in [5.41, 5.74) is 3.43. The third-order valence-electron chi connectivity index (χ3n) is 4.59. The average Bonchev–Trinajstić information content (AvgIpc) is 2.68. The van der Waals surface area contributed by atoms with Crippen LogP contribution in [-0.4, -0.2) is 5.78 Å². The van der Waals surface area contributed by atoms with Gasteiger partial charge in [0.05, 0.1) is 5.02 Å². The highest BCUT2D eigenvalue weighted by molar-refractivity contribution is 6.35. The van der Waals surface area contributed by atoms with Crippen molar-refractivity contribution in [3.63, 3.8) is 0 Å². The van der Waals surface area contributed by atoms with Gasteiger partial charge in [-0.3, -0.25) is 4.79 Å². The summed E-state index contributed by atoms with van der Waals surface area (Å²) in [6.07, 6.45) is 0.706. The van der Waals surface area contributed by atoms with E-state index in [1.54, 1.807) is 12.1 Å². The van der Waals surface area contributed by atoms with Crippen molar-refractivity contribution in [3.8, 4) is 0 Å². The van der Waals surface area contributed by atoms with Gasteiger partial charge in [-0.15, -0.1) is 0 Å². The van der Waals surface area contributed by atoms with E-state index in [1.807, 2.05) is 48.5 Å². The Balaban J connectivity index is 1.71. The van der Waals surface area contributed by atoms with Crippen LogP contribution in [0, 0.1) is 0 Å².